The highest BCUT2D eigenvalue weighted by atomic mass is 35.5. The smallest absolute Gasteiger partial charge is 0.149 e. The molecular formula is C11H17Cl2N3. The molecule has 0 amide bonds. The topological polar surface area (TPSA) is 28.2 Å². The number of hydrogen-bond acceptors (Lipinski definition) is 3. The van der Waals surface area contributed by atoms with E-state index in [0.29, 0.717) is 21.9 Å². The van der Waals surface area contributed by atoms with E-state index in [0.717, 1.165) is 12.4 Å². The number of pyridine rings is 1. The van der Waals surface area contributed by atoms with Gasteiger partial charge in [0.1, 0.15) is 11.6 Å². The first-order valence-corrected chi connectivity index (χ1v) is 6.05. The molecule has 0 fully saturated rings. The second-order valence-corrected chi connectivity index (χ2v) is 4.67. The highest BCUT2D eigenvalue weighted by Gasteiger charge is 2.14. The van der Waals surface area contributed by atoms with E-state index in [1.807, 2.05) is 18.9 Å². The van der Waals surface area contributed by atoms with Crippen molar-refractivity contribution in [3.8, 4) is 0 Å². The van der Waals surface area contributed by atoms with Crippen LogP contribution in [-0.2, 0) is 0 Å². The maximum Gasteiger partial charge on any atom is 0.149 e. The molecule has 3 nitrogen and oxygen atoms in total. The summed E-state index contributed by atoms with van der Waals surface area (Å²) in [4.78, 5) is 6.45. The van der Waals surface area contributed by atoms with E-state index in [1.165, 1.54) is 0 Å². The number of anilines is 2. The number of nitrogens with zero attached hydrogens (tertiary/aromatic N) is 2. The second kappa shape index (κ2) is 5.60. The highest BCUT2D eigenvalue weighted by Crippen LogP contribution is 2.31. The Hall–Kier alpha value is -0.670. The van der Waals surface area contributed by atoms with Gasteiger partial charge < -0.3 is 10.2 Å². The molecule has 16 heavy (non-hydrogen) atoms. The Morgan fingerprint density at radius 1 is 1.38 bits per heavy atom. The van der Waals surface area contributed by atoms with Crippen LogP contribution < -0.4 is 10.2 Å². The third kappa shape index (κ3) is 2.92. The molecule has 0 aliphatic rings. The molecule has 1 heterocycles. The molecular weight excluding hydrogens is 245 g/mol. The first-order valence-electron chi connectivity index (χ1n) is 5.30. The van der Waals surface area contributed by atoms with Crippen molar-refractivity contribution in [3.63, 3.8) is 0 Å². The zero-order valence-corrected chi connectivity index (χ0v) is 11.5. The Morgan fingerprint density at radius 2 is 2.00 bits per heavy atom. The standard InChI is InChI=1S/C11H17Cl2N3/c1-5-14-10-8(12)6-9(13)11(15-10)16(4)7(2)3/h6-7H,5H2,1-4H3,(H,14,15). The number of hydrogen-bond donors (Lipinski definition) is 1. The van der Waals surface area contributed by atoms with Crippen molar-refractivity contribution >= 4 is 34.8 Å². The van der Waals surface area contributed by atoms with E-state index < -0.39 is 0 Å². The molecule has 0 radical (unpaired) electrons. The van der Waals surface area contributed by atoms with Crippen LogP contribution in [0.25, 0.3) is 0 Å². The van der Waals surface area contributed by atoms with Gasteiger partial charge in [-0.25, -0.2) is 4.98 Å². The molecule has 0 aliphatic heterocycles. The Morgan fingerprint density at radius 3 is 2.50 bits per heavy atom. The van der Waals surface area contributed by atoms with Crippen LogP contribution >= 0.6 is 23.2 Å². The summed E-state index contributed by atoms with van der Waals surface area (Å²) in [7, 11) is 1.96. The Labute approximate surface area is 107 Å². The van der Waals surface area contributed by atoms with Crippen LogP contribution in [0.2, 0.25) is 10.0 Å². The maximum absolute atomic E-state index is 6.12. The average Bonchev–Trinajstić information content (AvgIpc) is 2.21. The molecule has 0 atom stereocenters. The SMILES string of the molecule is CCNc1nc(N(C)C(C)C)c(Cl)cc1Cl. The summed E-state index contributed by atoms with van der Waals surface area (Å²) < 4.78 is 0. The van der Waals surface area contributed by atoms with Crippen LogP contribution in [0.15, 0.2) is 6.07 Å². The van der Waals surface area contributed by atoms with Gasteiger partial charge >= 0.3 is 0 Å². The molecule has 0 bridgehead atoms. The van der Waals surface area contributed by atoms with Crippen molar-refractivity contribution in [2.75, 3.05) is 23.8 Å². The van der Waals surface area contributed by atoms with E-state index >= 15 is 0 Å². The highest BCUT2D eigenvalue weighted by molar-refractivity contribution is 6.37. The molecule has 0 aromatic carbocycles. The molecule has 1 rings (SSSR count). The maximum atomic E-state index is 6.12. The fourth-order valence-corrected chi connectivity index (χ4v) is 1.80. The first-order chi connectivity index (χ1) is 7.47. The molecule has 0 spiro atoms. The molecule has 1 N–H and O–H groups in total. The zero-order valence-electron chi connectivity index (χ0n) is 10.0. The van der Waals surface area contributed by atoms with Crippen LogP contribution in [0.5, 0.6) is 0 Å². The lowest BCUT2D eigenvalue weighted by Crippen LogP contribution is -2.27. The van der Waals surface area contributed by atoms with Crippen LogP contribution in [-0.4, -0.2) is 24.6 Å². The summed E-state index contributed by atoms with van der Waals surface area (Å²) in [5, 5.41) is 4.23. The summed E-state index contributed by atoms with van der Waals surface area (Å²) in [6, 6.07) is 2.06. The van der Waals surface area contributed by atoms with Gasteiger partial charge in [-0.3, -0.25) is 0 Å². The Bertz CT molecular complexity index is 366. The number of aromatic nitrogens is 1. The Balaban J connectivity index is 3.13. The molecule has 0 unspecified atom stereocenters. The van der Waals surface area contributed by atoms with Crippen molar-refractivity contribution in [3.05, 3.63) is 16.1 Å². The van der Waals surface area contributed by atoms with Gasteiger partial charge in [0.15, 0.2) is 0 Å². The van der Waals surface area contributed by atoms with E-state index in [4.69, 9.17) is 23.2 Å². The summed E-state index contributed by atoms with van der Waals surface area (Å²) in [6.07, 6.45) is 0. The molecule has 0 saturated heterocycles. The third-order valence-electron chi connectivity index (χ3n) is 2.36. The van der Waals surface area contributed by atoms with Gasteiger partial charge in [-0.2, -0.15) is 0 Å². The largest absolute Gasteiger partial charge is 0.369 e. The monoisotopic (exact) mass is 261 g/mol. The van der Waals surface area contributed by atoms with Gasteiger partial charge in [0.2, 0.25) is 0 Å². The zero-order chi connectivity index (χ0) is 12.3. The fraction of sp³-hybridized carbons (Fsp3) is 0.545. The minimum absolute atomic E-state index is 0.334. The lowest BCUT2D eigenvalue weighted by molar-refractivity contribution is 0.744. The van der Waals surface area contributed by atoms with Crippen LogP contribution in [0.1, 0.15) is 20.8 Å². The lowest BCUT2D eigenvalue weighted by atomic mass is 10.3. The molecule has 0 saturated carbocycles. The van der Waals surface area contributed by atoms with Crippen molar-refractivity contribution in [2.45, 2.75) is 26.8 Å². The minimum Gasteiger partial charge on any atom is -0.369 e. The van der Waals surface area contributed by atoms with Gasteiger partial charge in [-0.15, -0.1) is 0 Å². The number of nitrogens with one attached hydrogen (secondary N) is 1. The van der Waals surface area contributed by atoms with E-state index in [1.54, 1.807) is 6.07 Å². The van der Waals surface area contributed by atoms with Crippen molar-refractivity contribution in [2.24, 2.45) is 0 Å². The van der Waals surface area contributed by atoms with Crippen LogP contribution in [0.4, 0.5) is 11.6 Å². The quantitative estimate of drug-likeness (QED) is 0.897. The van der Waals surface area contributed by atoms with Gasteiger partial charge in [0.25, 0.3) is 0 Å². The minimum atomic E-state index is 0.334. The van der Waals surface area contributed by atoms with Gasteiger partial charge in [-0.05, 0) is 26.8 Å². The van der Waals surface area contributed by atoms with Crippen LogP contribution in [0, 0.1) is 0 Å². The normalized spacial score (nSPS) is 10.7. The predicted octanol–water partition coefficient (Wildman–Crippen LogP) is 3.66. The molecule has 5 heteroatoms. The van der Waals surface area contributed by atoms with Gasteiger partial charge in [-0.1, -0.05) is 23.2 Å². The summed E-state index contributed by atoms with van der Waals surface area (Å²) >= 11 is 12.2. The lowest BCUT2D eigenvalue weighted by Gasteiger charge is -2.24. The van der Waals surface area contributed by atoms with Crippen molar-refractivity contribution in [1.82, 2.24) is 4.98 Å². The average molecular weight is 262 g/mol. The molecule has 90 valence electrons. The van der Waals surface area contributed by atoms with Crippen LogP contribution in [0.3, 0.4) is 0 Å². The van der Waals surface area contributed by atoms with E-state index in [-0.39, 0.29) is 0 Å². The van der Waals surface area contributed by atoms with Crippen molar-refractivity contribution in [1.29, 1.82) is 0 Å². The summed E-state index contributed by atoms with van der Waals surface area (Å²) in [6.45, 7) is 6.94. The summed E-state index contributed by atoms with van der Waals surface area (Å²) in [5.74, 6) is 1.42. The summed E-state index contributed by atoms with van der Waals surface area (Å²) in [5.41, 5.74) is 0. The number of halogens is 2. The van der Waals surface area contributed by atoms with E-state index in [2.05, 4.69) is 24.1 Å². The molecule has 0 aliphatic carbocycles. The number of rotatable bonds is 4. The molecule has 1 aromatic heterocycles. The Kier molecular flexibility index (Phi) is 4.69. The van der Waals surface area contributed by atoms with Gasteiger partial charge in [0.05, 0.1) is 10.0 Å². The third-order valence-corrected chi connectivity index (χ3v) is 2.93. The fourth-order valence-electron chi connectivity index (χ4n) is 1.24. The first kappa shape index (κ1) is 13.4. The van der Waals surface area contributed by atoms with Crippen molar-refractivity contribution < 1.29 is 0 Å². The van der Waals surface area contributed by atoms with Gasteiger partial charge in [0, 0.05) is 19.6 Å². The second-order valence-electron chi connectivity index (χ2n) is 3.86. The van der Waals surface area contributed by atoms with E-state index in [9.17, 15) is 0 Å². The predicted molar refractivity (Wildman–Crippen MR) is 72.0 cm³/mol. The molecule has 1 aromatic rings.